The predicted molar refractivity (Wildman–Crippen MR) is 47.4 cm³/mol. The van der Waals surface area contributed by atoms with Crippen molar-refractivity contribution in [2.24, 2.45) is 0 Å². The Hall–Kier alpha value is 2.66. The van der Waals surface area contributed by atoms with Gasteiger partial charge in [-0.15, -0.1) is 0 Å². The number of rotatable bonds is 0. The van der Waals surface area contributed by atoms with Gasteiger partial charge < -0.3 is 25.5 Å². The van der Waals surface area contributed by atoms with Gasteiger partial charge in [-0.1, -0.05) is 7.43 Å². The average Bonchev–Trinajstić information content (AvgIpc) is 2.20. The summed E-state index contributed by atoms with van der Waals surface area (Å²) in [6.07, 6.45) is 0. The van der Waals surface area contributed by atoms with E-state index < -0.39 is 0 Å². The fraction of sp³-hybridized carbons (Fsp3) is 1.00. The Morgan fingerprint density at radius 3 is 0.462 bits per heavy atom. The molecule has 0 aromatic carbocycles. The van der Waals surface area contributed by atoms with E-state index in [9.17, 15) is 0 Å². The number of aliphatic hydroxyl groups is 5. The minimum atomic E-state index is 0. The van der Waals surface area contributed by atoms with Crippen LogP contribution in [-0.2, 0) is 0 Å². The molecule has 0 aromatic rings. The number of aliphatic hydroxyl groups excluding tert-OH is 5. The SMILES string of the molecule is C.CO.CO.CO.CO.CO.[Dy].[Eu]. The van der Waals surface area contributed by atoms with Gasteiger partial charge in [0.25, 0.3) is 0 Å². The van der Waals surface area contributed by atoms with Crippen molar-refractivity contribution in [2.45, 2.75) is 7.43 Å². The van der Waals surface area contributed by atoms with Crippen LogP contribution in [0.4, 0.5) is 0 Å². The first-order valence-corrected chi connectivity index (χ1v) is 2.24. The van der Waals surface area contributed by atoms with Crippen LogP contribution in [0.1, 0.15) is 7.43 Å². The molecule has 0 fully saturated rings. The van der Waals surface area contributed by atoms with Crippen LogP contribution in [0, 0.1) is 87.6 Å². The van der Waals surface area contributed by atoms with Crippen LogP contribution < -0.4 is 0 Å². The van der Waals surface area contributed by atoms with E-state index in [-0.39, 0.29) is 95.0 Å². The van der Waals surface area contributed by atoms with Crippen molar-refractivity contribution in [1.29, 1.82) is 0 Å². The minimum absolute atomic E-state index is 0. The largest absolute Gasteiger partial charge is 0.400 e. The second-order valence-electron chi connectivity index (χ2n) is 0. The van der Waals surface area contributed by atoms with Gasteiger partial charge in [-0.3, -0.25) is 0 Å². The molecule has 0 aliphatic carbocycles. The van der Waals surface area contributed by atoms with Crippen LogP contribution in [0.25, 0.3) is 0 Å². The standard InChI is InChI=1S/5CH4O.CH4.Dy.Eu/c5*1-2;;;/h5*2H,1H3;1H4;;. The Morgan fingerprint density at radius 1 is 0.462 bits per heavy atom. The third-order valence-corrected chi connectivity index (χ3v) is 0. The van der Waals surface area contributed by atoms with Gasteiger partial charge >= 0.3 is 0 Å². The summed E-state index contributed by atoms with van der Waals surface area (Å²) < 4.78 is 0. The Balaban J connectivity index is -0.00000000379. The molecule has 0 aliphatic rings. The average molecular weight is 491 g/mol. The zero-order valence-electron chi connectivity index (χ0n) is 7.93. The summed E-state index contributed by atoms with van der Waals surface area (Å²) in [7, 11) is 5.00. The molecule has 5 nitrogen and oxygen atoms in total. The van der Waals surface area contributed by atoms with Crippen LogP contribution in [0.3, 0.4) is 0 Å². The Labute approximate surface area is 153 Å². The molecule has 0 aromatic heterocycles. The van der Waals surface area contributed by atoms with E-state index in [2.05, 4.69) is 0 Å². The van der Waals surface area contributed by atoms with Gasteiger partial charge in [0, 0.05) is 123 Å². The molecule has 0 aliphatic heterocycles. The molecule has 0 atom stereocenters. The van der Waals surface area contributed by atoms with Gasteiger partial charge in [-0.25, -0.2) is 0 Å². The van der Waals surface area contributed by atoms with E-state index in [1.165, 1.54) is 0 Å². The van der Waals surface area contributed by atoms with Crippen molar-refractivity contribution in [3.8, 4) is 0 Å². The zero-order valence-corrected chi connectivity index (χ0v) is 12.4. The summed E-state index contributed by atoms with van der Waals surface area (Å²) in [6, 6.07) is 0. The van der Waals surface area contributed by atoms with Gasteiger partial charge in [0.05, 0.1) is 0 Å². The summed E-state index contributed by atoms with van der Waals surface area (Å²) in [4.78, 5) is 0. The van der Waals surface area contributed by atoms with E-state index >= 15 is 0 Å². The van der Waals surface area contributed by atoms with Crippen LogP contribution in [0.15, 0.2) is 0 Å². The van der Waals surface area contributed by atoms with Crippen LogP contribution in [0.2, 0.25) is 0 Å². The molecule has 0 bridgehead atoms. The maximum Gasteiger partial charge on any atom is 0.0319 e. The molecule has 95 valence electrons. The second kappa shape index (κ2) is 387. The third kappa shape index (κ3) is 333. The molecule has 13 heavy (non-hydrogen) atoms. The molecule has 0 rings (SSSR count). The van der Waals surface area contributed by atoms with Crippen molar-refractivity contribution < 1.29 is 113 Å². The van der Waals surface area contributed by atoms with Crippen molar-refractivity contribution >= 4 is 0 Å². The molecule has 1 radical (unpaired) electrons. The Kier molecular flexibility index (Phi) is 1710. The van der Waals surface area contributed by atoms with Crippen molar-refractivity contribution in [3.63, 3.8) is 0 Å². The first kappa shape index (κ1) is 57.4. The smallest absolute Gasteiger partial charge is 0.0319 e. The van der Waals surface area contributed by atoms with Crippen LogP contribution in [-0.4, -0.2) is 61.1 Å². The van der Waals surface area contributed by atoms with Crippen molar-refractivity contribution in [1.82, 2.24) is 0 Å². The Morgan fingerprint density at radius 2 is 0.462 bits per heavy atom. The maximum absolute atomic E-state index is 7.00. The summed E-state index contributed by atoms with van der Waals surface area (Å²) in [5.74, 6) is 0. The molecule has 0 heterocycles. The monoisotopic (exact) mass is 493 g/mol. The fourth-order valence-electron chi connectivity index (χ4n) is 0. The number of hydrogen-bond donors (Lipinski definition) is 5. The van der Waals surface area contributed by atoms with Gasteiger partial charge in [0.1, 0.15) is 0 Å². The molecule has 0 spiro atoms. The van der Waals surface area contributed by atoms with Gasteiger partial charge in [-0.2, -0.15) is 0 Å². The van der Waals surface area contributed by atoms with E-state index in [4.69, 9.17) is 25.5 Å². The molecule has 0 unspecified atom stereocenters. The first-order chi connectivity index (χ1) is 5.00. The molecular formula is C6H24DyEuO5. The second-order valence-corrected chi connectivity index (χ2v) is 0. The van der Waals surface area contributed by atoms with E-state index in [0.717, 1.165) is 35.5 Å². The quantitative estimate of drug-likeness (QED) is 0.290. The molecule has 5 N–H and O–H groups in total. The van der Waals surface area contributed by atoms with Crippen LogP contribution in [0.5, 0.6) is 0 Å². The summed E-state index contributed by atoms with van der Waals surface area (Å²) in [5, 5.41) is 35.0. The minimum Gasteiger partial charge on any atom is -0.400 e. The Bertz CT molecular complexity index is 21.0. The third-order valence-electron chi connectivity index (χ3n) is 0. The molecule has 0 saturated carbocycles. The molecule has 0 amide bonds. The normalized spacial score (nSPS) is 2.31. The van der Waals surface area contributed by atoms with Gasteiger partial charge in [0.2, 0.25) is 0 Å². The molecule has 0 saturated heterocycles. The zero-order chi connectivity index (χ0) is 10.0. The van der Waals surface area contributed by atoms with Crippen molar-refractivity contribution in [3.05, 3.63) is 0 Å². The van der Waals surface area contributed by atoms with Crippen molar-refractivity contribution in [2.75, 3.05) is 35.5 Å². The van der Waals surface area contributed by atoms with Gasteiger partial charge in [0.15, 0.2) is 0 Å². The van der Waals surface area contributed by atoms with Gasteiger partial charge in [-0.05, 0) is 0 Å². The van der Waals surface area contributed by atoms with E-state index in [1.54, 1.807) is 0 Å². The summed E-state index contributed by atoms with van der Waals surface area (Å²) in [5.41, 5.74) is 0. The number of hydrogen-bond acceptors (Lipinski definition) is 5. The van der Waals surface area contributed by atoms with E-state index in [0.29, 0.717) is 0 Å². The van der Waals surface area contributed by atoms with Crippen LogP contribution >= 0.6 is 0 Å². The molecule has 7 heteroatoms. The van der Waals surface area contributed by atoms with E-state index in [1.807, 2.05) is 0 Å². The first-order valence-electron chi connectivity index (χ1n) is 2.24. The molecular weight excluding hydrogens is 467 g/mol. The topological polar surface area (TPSA) is 101 Å². The fourth-order valence-corrected chi connectivity index (χ4v) is 0. The summed E-state index contributed by atoms with van der Waals surface area (Å²) >= 11 is 0. The predicted octanol–water partition coefficient (Wildman–Crippen LogP) is -1.32. The maximum atomic E-state index is 7.00. The summed E-state index contributed by atoms with van der Waals surface area (Å²) in [6.45, 7) is 0.